The van der Waals surface area contributed by atoms with Gasteiger partial charge in [0.1, 0.15) is 17.6 Å². The summed E-state index contributed by atoms with van der Waals surface area (Å²) < 4.78 is 37.8. The van der Waals surface area contributed by atoms with Crippen LogP contribution in [0.2, 0.25) is 5.02 Å². The minimum Gasteiger partial charge on any atom is -0.493 e. The summed E-state index contributed by atoms with van der Waals surface area (Å²) in [5.74, 6) is 0.488. The van der Waals surface area contributed by atoms with Crippen molar-refractivity contribution in [2.75, 3.05) is 39.3 Å². The Labute approximate surface area is 231 Å². The summed E-state index contributed by atoms with van der Waals surface area (Å²) in [6.07, 6.45) is 4.67. The van der Waals surface area contributed by atoms with E-state index in [-0.39, 0.29) is 15.6 Å². The van der Waals surface area contributed by atoms with Crippen molar-refractivity contribution in [3.8, 4) is 17.0 Å². The first kappa shape index (κ1) is 27.4. The van der Waals surface area contributed by atoms with Crippen LogP contribution in [0.3, 0.4) is 0 Å². The number of piperazine rings is 1. The fourth-order valence-corrected chi connectivity index (χ4v) is 6.75. The molecule has 0 bridgehead atoms. The lowest BCUT2D eigenvalue weighted by Crippen LogP contribution is -2.48. The van der Waals surface area contributed by atoms with Gasteiger partial charge in [-0.2, -0.15) is 4.31 Å². The molecular formula is C26H32ClN7O4S. The summed E-state index contributed by atoms with van der Waals surface area (Å²) in [6.45, 7) is 11.4. The van der Waals surface area contributed by atoms with Gasteiger partial charge in [0.15, 0.2) is 5.65 Å². The second kappa shape index (κ2) is 11.1. The van der Waals surface area contributed by atoms with E-state index in [2.05, 4.69) is 26.7 Å². The van der Waals surface area contributed by atoms with Gasteiger partial charge in [0.25, 0.3) is 0 Å². The Bertz CT molecular complexity index is 1680. The van der Waals surface area contributed by atoms with Crippen LogP contribution in [0.1, 0.15) is 26.7 Å². The molecule has 1 N–H and O–H groups in total. The van der Waals surface area contributed by atoms with Gasteiger partial charge in [-0.05, 0) is 31.0 Å². The third kappa shape index (κ3) is 4.86. The number of fused-ring (bicyclic) bond motifs is 3. The highest BCUT2D eigenvalue weighted by atomic mass is 35.5. The molecular weight excluding hydrogens is 542 g/mol. The largest absolute Gasteiger partial charge is 0.493 e. The van der Waals surface area contributed by atoms with Crippen molar-refractivity contribution in [1.82, 2.24) is 33.4 Å². The van der Waals surface area contributed by atoms with Crippen molar-refractivity contribution in [2.24, 2.45) is 0 Å². The maximum atomic E-state index is 13.7. The molecule has 5 rings (SSSR count). The molecule has 1 saturated heterocycles. The maximum Gasteiger partial charge on any atom is 0.335 e. The van der Waals surface area contributed by atoms with E-state index >= 15 is 0 Å². The molecule has 0 spiro atoms. The molecule has 1 aromatic carbocycles. The SMILES string of the molecule is C=CCN1CCN(S(=O)(=O)c2ccc(OCCC)c(-c3[nH]c4c(c3Cl)n(CCC)c(=O)n3cnnc43)c2)CC1. The number of aromatic nitrogens is 5. The average molecular weight is 574 g/mol. The molecule has 0 aliphatic carbocycles. The Balaban J connectivity index is 1.66. The van der Waals surface area contributed by atoms with Crippen molar-refractivity contribution < 1.29 is 13.2 Å². The zero-order valence-electron chi connectivity index (χ0n) is 22.1. The molecule has 0 unspecified atom stereocenters. The minimum absolute atomic E-state index is 0.145. The Kier molecular flexibility index (Phi) is 7.81. The van der Waals surface area contributed by atoms with Gasteiger partial charge >= 0.3 is 5.69 Å². The number of benzene rings is 1. The molecule has 11 nitrogen and oxygen atoms in total. The molecule has 39 heavy (non-hydrogen) atoms. The molecule has 0 atom stereocenters. The molecule has 1 aliphatic rings. The third-order valence-electron chi connectivity index (χ3n) is 6.88. The van der Waals surface area contributed by atoms with E-state index in [4.69, 9.17) is 16.3 Å². The number of aromatic amines is 1. The van der Waals surface area contributed by atoms with Crippen LogP contribution in [0.5, 0.6) is 5.75 Å². The Morgan fingerprint density at radius 1 is 1.18 bits per heavy atom. The van der Waals surface area contributed by atoms with Crippen LogP contribution < -0.4 is 10.4 Å². The Hall–Kier alpha value is -3.19. The van der Waals surface area contributed by atoms with Crippen LogP contribution in [0.4, 0.5) is 0 Å². The van der Waals surface area contributed by atoms with Gasteiger partial charge in [0.2, 0.25) is 10.0 Å². The predicted molar refractivity (Wildman–Crippen MR) is 151 cm³/mol. The van der Waals surface area contributed by atoms with E-state index in [1.54, 1.807) is 22.8 Å². The second-order valence-electron chi connectivity index (χ2n) is 9.50. The third-order valence-corrected chi connectivity index (χ3v) is 9.14. The molecule has 13 heteroatoms. The zero-order chi connectivity index (χ0) is 27.7. The first-order valence-electron chi connectivity index (χ1n) is 13.1. The number of rotatable bonds is 10. The quantitative estimate of drug-likeness (QED) is 0.289. The van der Waals surface area contributed by atoms with Crippen molar-refractivity contribution in [3.05, 3.63) is 52.7 Å². The smallest absolute Gasteiger partial charge is 0.335 e. The number of H-pyrrole nitrogens is 1. The summed E-state index contributed by atoms with van der Waals surface area (Å²) in [7, 11) is -3.77. The van der Waals surface area contributed by atoms with Gasteiger partial charge in [0, 0.05) is 44.8 Å². The van der Waals surface area contributed by atoms with Crippen LogP contribution >= 0.6 is 11.6 Å². The molecule has 0 radical (unpaired) electrons. The number of nitrogens with zero attached hydrogens (tertiary/aromatic N) is 6. The number of sulfonamides is 1. The summed E-state index contributed by atoms with van der Waals surface area (Å²) in [5.41, 5.74) is 2.01. The van der Waals surface area contributed by atoms with Gasteiger partial charge in [-0.1, -0.05) is 31.5 Å². The molecule has 1 aliphatic heterocycles. The van der Waals surface area contributed by atoms with Crippen LogP contribution in [-0.4, -0.2) is 81.1 Å². The van der Waals surface area contributed by atoms with E-state index in [0.717, 1.165) is 13.0 Å². The van der Waals surface area contributed by atoms with Crippen LogP contribution in [0.15, 0.2) is 46.9 Å². The maximum absolute atomic E-state index is 13.7. The zero-order valence-corrected chi connectivity index (χ0v) is 23.6. The highest BCUT2D eigenvalue weighted by molar-refractivity contribution is 7.89. The van der Waals surface area contributed by atoms with E-state index in [0.29, 0.717) is 79.4 Å². The van der Waals surface area contributed by atoms with Gasteiger partial charge in [0.05, 0.1) is 27.7 Å². The normalized spacial score (nSPS) is 15.4. The first-order valence-corrected chi connectivity index (χ1v) is 14.9. The molecule has 4 aromatic rings. The summed E-state index contributed by atoms with van der Waals surface area (Å²) in [6, 6.07) is 4.83. The van der Waals surface area contributed by atoms with Crippen LogP contribution in [-0.2, 0) is 16.6 Å². The number of halogens is 1. The van der Waals surface area contributed by atoms with Crippen molar-refractivity contribution in [1.29, 1.82) is 0 Å². The number of hydrogen-bond donors (Lipinski definition) is 1. The standard InChI is InChI=1S/C26H32ClN7O4S/c1-4-9-31-11-13-32(14-12-31)39(36,37)18-7-8-20(38-15-6-3)19(16-18)22-21(27)24-23(29-22)25-30-28-17-34(25)26(35)33(24)10-5-2/h4,7-8,16-17,29H,1,5-6,9-15H2,2-3H3. The van der Waals surface area contributed by atoms with E-state index in [1.807, 2.05) is 19.9 Å². The monoisotopic (exact) mass is 573 g/mol. The fraction of sp³-hybridized carbons (Fsp3) is 0.423. The molecule has 4 heterocycles. The van der Waals surface area contributed by atoms with Crippen molar-refractivity contribution in [2.45, 2.75) is 38.1 Å². The van der Waals surface area contributed by atoms with E-state index in [1.165, 1.54) is 15.0 Å². The van der Waals surface area contributed by atoms with Crippen molar-refractivity contribution in [3.63, 3.8) is 0 Å². The fourth-order valence-electron chi connectivity index (χ4n) is 4.96. The first-order chi connectivity index (χ1) is 18.8. The number of aryl methyl sites for hydroxylation is 1. The Morgan fingerprint density at radius 3 is 2.64 bits per heavy atom. The lowest BCUT2D eigenvalue weighted by molar-refractivity contribution is 0.204. The van der Waals surface area contributed by atoms with E-state index in [9.17, 15) is 13.2 Å². The predicted octanol–water partition coefficient (Wildman–Crippen LogP) is 3.38. The topological polar surface area (TPSA) is 118 Å². The molecule has 3 aromatic heterocycles. The Morgan fingerprint density at radius 2 is 1.95 bits per heavy atom. The molecule has 0 amide bonds. The molecule has 0 saturated carbocycles. The second-order valence-corrected chi connectivity index (χ2v) is 11.8. The van der Waals surface area contributed by atoms with Crippen LogP contribution in [0, 0.1) is 0 Å². The lowest BCUT2D eigenvalue weighted by Gasteiger charge is -2.33. The van der Waals surface area contributed by atoms with Gasteiger partial charge in [-0.15, -0.1) is 16.8 Å². The highest BCUT2D eigenvalue weighted by Gasteiger charge is 2.30. The summed E-state index contributed by atoms with van der Waals surface area (Å²) in [4.78, 5) is 18.8. The number of hydrogen-bond acceptors (Lipinski definition) is 7. The average Bonchev–Trinajstić information content (AvgIpc) is 3.55. The summed E-state index contributed by atoms with van der Waals surface area (Å²) >= 11 is 6.96. The number of nitrogens with one attached hydrogen (secondary N) is 1. The van der Waals surface area contributed by atoms with Crippen LogP contribution in [0.25, 0.3) is 27.9 Å². The van der Waals surface area contributed by atoms with Gasteiger partial charge in [-0.25, -0.2) is 17.6 Å². The minimum atomic E-state index is -3.77. The molecule has 1 fully saturated rings. The van der Waals surface area contributed by atoms with E-state index < -0.39 is 10.0 Å². The van der Waals surface area contributed by atoms with Gasteiger partial charge < -0.3 is 9.72 Å². The number of ether oxygens (including phenoxy) is 1. The van der Waals surface area contributed by atoms with Crippen molar-refractivity contribution >= 4 is 38.3 Å². The van der Waals surface area contributed by atoms with Gasteiger partial charge in [-0.3, -0.25) is 9.47 Å². The highest BCUT2D eigenvalue weighted by Crippen LogP contribution is 2.40. The lowest BCUT2D eigenvalue weighted by atomic mass is 10.1. The molecule has 208 valence electrons. The summed E-state index contributed by atoms with van der Waals surface area (Å²) in [5, 5.41) is 8.34.